The van der Waals surface area contributed by atoms with Gasteiger partial charge in [0.15, 0.2) is 0 Å². The molecule has 0 aromatic heterocycles. The third-order valence-corrected chi connectivity index (χ3v) is 3.49. The number of carbonyl (C=O) groups excluding carboxylic acids is 1. The highest BCUT2D eigenvalue weighted by Crippen LogP contribution is 2.11. The topological polar surface area (TPSA) is 58.4 Å². The summed E-state index contributed by atoms with van der Waals surface area (Å²) in [5.41, 5.74) is 5.83. The number of rotatable bonds is 5. The lowest BCUT2D eigenvalue weighted by Crippen LogP contribution is -2.51. The Bertz CT molecular complexity index is 244. The van der Waals surface area contributed by atoms with Crippen LogP contribution in [0.3, 0.4) is 0 Å². The van der Waals surface area contributed by atoms with Gasteiger partial charge in [-0.05, 0) is 31.7 Å². The lowest BCUT2D eigenvalue weighted by Gasteiger charge is -2.32. The van der Waals surface area contributed by atoms with Gasteiger partial charge in [-0.1, -0.05) is 20.8 Å². The number of halogens is 2. The maximum atomic E-state index is 11.8. The highest BCUT2D eigenvalue weighted by Gasteiger charge is 2.23. The summed E-state index contributed by atoms with van der Waals surface area (Å²) < 4.78 is 0. The molecular formula is C13H29Cl2N3O. The van der Waals surface area contributed by atoms with Crippen molar-refractivity contribution in [1.29, 1.82) is 0 Å². The summed E-state index contributed by atoms with van der Waals surface area (Å²) in [7, 11) is 0. The molecule has 6 heteroatoms. The first kappa shape index (κ1) is 21.3. The number of amides is 1. The molecule has 1 aliphatic rings. The van der Waals surface area contributed by atoms with Crippen molar-refractivity contribution in [2.75, 3.05) is 19.6 Å². The van der Waals surface area contributed by atoms with Gasteiger partial charge in [0.2, 0.25) is 5.91 Å². The van der Waals surface area contributed by atoms with Gasteiger partial charge in [-0.15, -0.1) is 24.8 Å². The minimum absolute atomic E-state index is 0. The highest BCUT2D eigenvalue weighted by molar-refractivity contribution is 5.85. The van der Waals surface area contributed by atoms with E-state index in [0.717, 1.165) is 25.9 Å². The second-order valence-electron chi connectivity index (χ2n) is 5.39. The van der Waals surface area contributed by atoms with Gasteiger partial charge in [-0.2, -0.15) is 0 Å². The van der Waals surface area contributed by atoms with Crippen molar-refractivity contribution in [2.24, 2.45) is 11.7 Å². The van der Waals surface area contributed by atoms with E-state index in [1.807, 2.05) is 13.8 Å². The molecule has 1 atom stereocenters. The Hall–Kier alpha value is -0.0300. The molecule has 0 aliphatic carbocycles. The van der Waals surface area contributed by atoms with Gasteiger partial charge < -0.3 is 16.0 Å². The van der Waals surface area contributed by atoms with Crippen molar-refractivity contribution >= 4 is 30.7 Å². The molecule has 0 saturated carbocycles. The van der Waals surface area contributed by atoms with Crippen LogP contribution in [0, 0.1) is 5.92 Å². The molecule has 0 unspecified atom stereocenters. The van der Waals surface area contributed by atoms with E-state index in [1.54, 1.807) is 0 Å². The third-order valence-electron chi connectivity index (χ3n) is 3.49. The first-order valence-electron chi connectivity index (χ1n) is 6.83. The van der Waals surface area contributed by atoms with E-state index >= 15 is 0 Å². The van der Waals surface area contributed by atoms with Crippen molar-refractivity contribution < 1.29 is 4.79 Å². The monoisotopic (exact) mass is 313 g/mol. The Morgan fingerprint density at radius 3 is 2.26 bits per heavy atom. The molecule has 116 valence electrons. The number of nitrogens with one attached hydrogen (secondary N) is 1. The average Bonchev–Trinajstić information content (AvgIpc) is 2.30. The number of hydrogen-bond acceptors (Lipinski definition) is 3. The number of hydrogen-bond donors (Lipinski definition) is 2. The Morgan fingerprint density at radius 2 is 1.84 bits per heavy atom. The predicted octanol–water partition coefficient (Wildman–Crippen LogP) is 1.80. The van der Waals surface area contributed by atoms with Crippen LogP contribution in [0.5, 0.6) is 0 Å². The molecule has 0 bridgehead atoms. The molecule has 1 fully saturated rings. The Labute approximate surface area is 129 Å². The van der Waals surface area contributed by atoms with Gasteiger partial charge in [-0.25, -0.2) is 0 Å². The fraction of sp³-hybridized carbons (Fsp3) is 0.923. The van der Waals surface area contributed by atoms with E-state index in [2.05, 4.69) is 17.1 Å². The smallest absolute Gasteiger partial charge is 0.237 e. The number of nitrogens with two attached hydrogens (primary N) is 1. The van der Waals surface area contributed by atoms with Gasteiger partial charge in [0.1, 0.15) is 0 Å². The Balaban J connectivity index is 0. The summed E-state index contributed by atoms with van der Waals surface area (Å²) in [6, 6.07) is -0.0518. The molecule has 0 spiro atoms. The zero-order valence-corrected chi connectivity index (χ0v) is 13.9. The van der Waals surface area contributed by atoms with Gasteiger partial charge in [-0.3, -0.25) is 4.79 Å². The summed E-state index contributed by atoms with van der Waals surface area (Å²) in [6.45, 7) is 9.52. The van der Waals surface area contributed by atoms with Crippen LogP contribution in [0.25, 0.3) is 0 Å². The lowest BCUT2D eigenvalue weighted by atomic mass is 10.0. The molecule has 0 radical (unpaired) electrons. The van der Waals surface area contributed by atoms with E-state index in [4.69, 9.17) is 5.73 Å². The maximum Gasteiger partial charge on any atom is 0.237 e. The normalized spacial score (nSPS) is 18.4. The van der Waals surface area contributed by atoms with Gasteiger partial charge in [0.05, 0.1) is 6.04 Å². The van der Waals surface area contributed by atoms with E-state index in [1.165, 1.54) is 13.0 Å². The van der Waals surface area contributed by atoms with Crippen LogP contribution in [0.1, 0.15) is 40.0 Å². The minimum Gasteiger partial charge on any atom is -0.352 e. The number of carbonyl (C=O) groups is 1. The Morgan fingerprint density at radius 1 is 1.32 bits per heavy atom. The van der Waals surface area contributed by atoms with E-state index < -0.39 is 0 Å². The van der Waals surface area contributed by atoms with Crippen LogP contribution in [0.2, 0.25) is 0 Å². The minimum atomic E-state index is -0.372. The molecule has 19 heavy (non-hydrogen) atoms. The number of likely N-dealkylation sites (tertiary alicyclic amines) is 1. The summed E-state index contributed by atoms with van der Waals surface area (Å²) >= 11 is 0. The molecule has 4 nitrogen and oxygen atoms in total. The molecular weight excluding hydrogens is 285 g/mol. The fourth-order valence-corrected chi connectivity index (χ4v) is 2.22. The first-order chi connectivity index (χ1) is 8.04. The molecule has 0 aromatic rings. The average molecular weight is 314 g/mol. The number of piperidine rings is 1. The second-order valence-corrected chi connectivity index (χ2v) is 5.39. The molecule has 1 rings (SSSR count). The molecule has 1 heterocycles. The quantitative estimate of drug-likeness (QED) is 0.813. The summed E-state index contributed by atoms with van der Waals surface area (Å²) in [6.07, 6.45) is 3.31. The molecule has 1 saturated heterocycles. The zero-order valence-electron chi connectivity index (χ0n) is 12.2. The summed E-state index contributed by atoms with van der Waals surface area (Å²) in [5.74, 6) is 0.212. The van der Waals surface area contributed by atoms with Crippen LogP contribution < -0.4 is 11.1 Å². The van der Waals surface area contributed by atoms with Crippen LogP contribution in [-0.2, 0) is 4.79 Å². The third kappa shape index (κ3) is 7.35. The molecule has 1 amide bonds. The second kappa shape index (κ2) is 10.7. The predicted molar refractivity (Wildman–Crippen MR) is 85.2 cm³/mol. The van der Waals surface area contributed by atoms with Crippen LogP contribution >= 0.6 is 24.8 Å². The van der Waals surface area contributed by atoms with Crippen molar-refractivity contribution in [3.63, 3.8) is 0 Å². The van der Waals surface area contributed by atoms with Crippen LogP contribution in [-0.4, -0.2) is 42.5 Å². The van der Waals surface area contributed by atoms with Crippen LogP contribution in [0.4, 0.5) is 0 Å². The van der Waals surface area contributed by atoms with Crippen molar-refractivity contribution in [3.05, 3.63) is 0 Å². The van der Waals surface area contributed by atoms with Gasteiger partial charge in [0, 0.05) is 19.1 Å². The molecule has 1 aliphatic heterocycles. The van der Waals surface area contributed by atoms with Crippen molar-refractivity contribution in [1.82, 2.24) is 10.2 Å². The molecule has 0 aromatic carbocycles. The van der Waals surface area contributed by atoms with E-state index in [-0.39, 0.29) is 42.7 Å². The highest BCUT2D eigenvalue weighted by atomic mass is 35.5. The fourth-order valence-electron chi connectivity index (χ4n) is 2.22. The Kier molecular flexibility index (Phi) is 12.0. The van der Waals surface area contributed by atoms with Crippen LogP contribution in [0.15, 0.2) is 0 Å². The summed E-state index contributed by atoms with van der Waals surface area (Å²) in [5, 5.41) is 3.07. The van der Waals surface area contributed by atoms with Gasteiger partial charge in [0.25, 0.3) is 0 Å². The van der Waals surface area contributed by atoms with Gasteiger partial charge >= 0.3 is 0 Å². The largest absolute Gasteiger partial charge is 0.352 e. The SMILES string of the molecule is CCCN1CCC(NC(=O)[C@H](N)C(C)C)CC1.Cl.Cl. The summed E-state index contributed by atoms with van der Waals surface area (Å²) in [4.78, 5) is 14.3. The van der Waals surface area contributed by atoms with Crippen molar-refractivity contribution in [3.8, 4) is 0 Å². The van der Waals surface area contributed by atoms with Crippen molar-refractivity contribution in [2.45, 2.75) is 52.1 Å². The lowest BCUT2D eigenvalue weighted by molar-refractivity contribution is -0.124. The standard InChI is InChI=1S/C13H27N3O.2ClH/c1-4-7-16-8-5-11(6-9-16)15-13(17)12(14)10(2)3;;/h10-12H,4-9,14H2,1-3H3,(H,15,17);2*1H/t12-;;/m1../s1. The van der Waals surface area contributed by atoms with E-state index in [9.17, 15) is 4.79 Å². The zero-order chi connectivity index (χ0) is 12.8. The maximum absolute atomic E-state index is 11.8. The first-order valence-corrected chi connectivity index (χ1v) is 6.83. The molecule has 3 N–H and O–H groups in total. The van der Waals surface area contributed by atoms with E-state index in [0.29, 0.717) is 6.04 Å². The number of nitrogens with zero attached hydrogens (tertiary/aromatic N) is 1.